The third-order valence-corrected chi connectivity index (χ3v) is 5.23. The molecule has 0 aliphatic carbocycles. The Bertz CT molecular complexity index is 1070. The highest BCUT2D eigenvalue weighted by atomic mass is 35.5. The van der Waals surface area contributed by atoms with Crippen molar-refractivity contribution >= 4 is 23.1 Å². The van der Waals surface area contributed by atoms with E-state index in [4.69, 9.17) is 21.9 Å². The van der Waals surface area contributed by atoms with Crippen molar-refractivity contribution < 1.29 is 4.52 Å². The highest BCUT2D eigenvalue weighted by Gasteiger charge is 2.40. The van der Waals surface area contributed by atoms with Gasteiger partial charge in [0.25, 0.3) is 0 Å². The summed E-state index contributed by atoms with van der Waals surface area (Å²) >= 11 is 6.34. The Morgan fingerprint density at radius 3 is 2.68 bits per heavy atom. The van der Waals surface area contributed by atoms with Crippen LogP contribution in [0.5, 0.6) is 0 Å². The van der Waals surface area contributed by atoms with Crippen LogP contribution in [0.25, 0.3) is 0 Å². The first-order valence-electron chi connectivity index (χ1n) is 9.02. The summed E-state index contributed by atoms with van der Waals surface area (Å²) in [5.74, 6) is 1.04. The standard InChI is InChI=1S/C20H19ClN6O/c1-3-7-14-17-16(15-11(2)28-26-18(15)21)13(10-22)19(23)27(20(17)25-24-14)12-8-5-4-6-9-12/h4-6,8-9,16H,3,7,23H2,1-2H3,(H,24,25). The van der Waals surface area contributed by atoms with Gasteiger partial charge in [0.15, 0.2) is 11.0 Å². The molecule has 0 radical (unpaired) electrons. The first kappa shape index (κ1) is 18.1. The highest BCUT2D eigenvalue weighted by molar-refractivity contribution is 6.30. The number of aromatic nitrogens is 3. The van der Waals surface area contributed by atoms with Crippen molar-refractivity contribution in [2.75, 3.05) is 4.90 Å². The minimum absolute atomic E-state index is 0.228. The van der Waals surface area contributed by atoms with E-state index in [9.17, 15) is 5.26 Å². The molecule has 0 saturated heterocycles. The number of hydrogen-bond donors (Lipinski definition) is 2. The molecular weight excluding hydrogens is 376 g/mol. The SMILES string of the molecule is CCCc1[nH]nc2c1C(c1c(Cl)noc1C)C(C#N)=C(N)N2c1ccccc1. The van der Waals surface area contributed by atoms with E-state index in [0.717, 1.165) is 29.8 Å². The Hall–Kier alpha value is -3.24. The molecule has 0 amide bonds. The molecule has 0 saturated carbocycles. The van der Waals surface area contributed by atoms with E-state index in [0.29, 0.717) is 28.5 Å². The van der Waals surface area contributed by atoms with Gasteiger partial charge in [-0.15, -0.1) is 0 Å². The Kier molecular flexibility index (Phi) is 4.57. The summed E-state index contributed by atoms with van der Waals surface area (Å²) in [6, 6.07) is 11.9. The number of fused-ring (bicyclic) bond motifs is 1. The van der Waals surface area contributed by atoms with Gasteiger partial charge in [-0.25, -0.2) is 0 Å². The summed E-state index contributed by atoms with van der Waals surface area (Å²) in [5, 5.41) is 21.8. The van der Waals surface area contributed by atoms with E-state index >= 15 is 0 Å². The quantitative estimate of drug-likeness (QED) is 0.683. The molecule has 8 heteroatoms. The minimum Gasteiger partial charge on any atom is -0.384 e. The van der Waals surface area contributed by atoms with Crippen molar-refractivity contribution in [3.63, 3.8) is 0 Å². The fraction of sp³-hybridized carbons (Fsp3) is 0.250. The average molecular weight is 395 g/mol. The molecule has 3 heterocycles. The minimum atomic E-state index is -0.487. The Morgan fingerprint density at radius 1 is 1.32 bits per heavy atom. The molecule has 1 aliphatic rings. The lowest BCUT2D eigenvalue weighted by Crippen LogP contribution is -2.31. The maximum atomic E-state index is 10.0. The third-order valence-electron chi connectivity index (χ3n) is 4.96. The molecule has 3 aromatic rings. The predicted molar refractivity (Wildman–Crippen MR) is 106 cm³/mol. The van der Waals surface area contributed by atoms with Crippen LogP contribution < -0.4 is 10.6 Å². The molecule has 1 atom stereocenters. The molecule has 1 aromatic carbocycles. The second kappa shape index (κ2) is 7.06. The summed E-state index contributed by atoms with van der Waals surface area (Å²) in [6.45, 7) is 3.87. The van der Waals surface area contributed by atoms with Gasteiger partial charge >= 0.3 is 0 Å². The number of nitrogens with zero attached hydrogens (tertiary/aromatic N) is 4. The number of nitriles is 1. The van der Waals surface area contributed by atoms with Crippen LogP contribution in [-0.4, -0.2) is 15.4 Å². The number of aryl methyl sites for hydroxylation is 2. The predicted octanol–water partition coefficient (Wildman–Crippen LogP) is 4.29. The van der Waals surface area contributed by atoms with Crippen molar-refractivity contribution in [1.29, 1.82) is 5.26 Å². The summed E-state index contributed by atoms with van der Waals surface area (Å²) in [5.41, 5.74) is 10.2. The van der Waals surface area contributed by atoms with Crippen molar-refractivity contribution in [2.24, 2.45) is 5.73 Å². The molecule has 4 rings (SSSR count). The summed E-state index contributed by atoms with van der Waals surface area (Å²) < 4.78 is 5.28. The van der Waals surface area contributed by atoms with Gasteiger partial charge in [0, 0.05) is 22.5 Å². The van der Waals surface area contributed by atoms with E-state index < -0.39 is 5.92 Å². The van der Waals surface area contributed by atoms with E-state index in [1.165, 1.54) is 0 Å². The number of nitrogens with one attached hydrogen (secondary N) is 1. The van der Waals surface area contributed by atoms with E-state index in [1.54, 1.807) is 11.8 Å². The molecular formula is C20H19ClN6O. The molecule has 7 nitrogen and oxygen atoms in total. The maximum Gasteiger partial charge on any atom is 0.176 e. The second-order valence-electron chi connectivity index (χ2n) is 6.65. The monoisotopic (exact) mass is 394 g/mol. The zero-order chi connectivity index (χ0) is 19.8. The molecule has 2 aromatic heterocycles. The molecule has 0 spiro atoms. The van der Waals surface area contributed by atoms with Gasteiger partial charge in [-0.1, -0.05) is 48.3 Å². The molecule has 28 heavy (non-hydrogen) atoms. The Balaban J connectivity index is 2.03. The number of halogens is 1. The summed E-state index contributed by atoms with van der Waals surface area (Å²) in [6.07, 6.45) is 1.70. The second-order valence-corrected chi connectivity index (χ2v) is 7.01. The van der Waals surface area contributed by atoms with Gasteiger partial charge in [0.2, 0.25) is 0 Å². The first-order chi connectivity index (χ1) is 13.6. The number of rotatable bonds is 4. The molecule has 0 fully saturated rings. The fourth-order valence-corrected chi connectivity index (χ4v) is 4.02. The molecule has 1 aliphatic heterocycles. The molecule has 0 bridgehead atoms. The summed E-state index contributed by atoms with van der Waals surface area (Å²) in [7, 11) is 0. The van der Waals surface area contributed by atoms with Crippen LogP contribution in [0, 0.1) is 18.3 Å². The Labute approximate surface area is 167 Å². The normalized spacial score (nSPS) is 16.2. The van der Waals surface area contributed by atoms with E-state index in [2.05, 4.69) is 28.3 Å². The lowest BCUT2D eigenvalue weighted by Gasteiger charge is -2.33. The number of anilines is 2. The van der Waals surface area contributed by atoms with Crippen LogP contribution >= 0.6 is 11.6 Å². The molecule has 3 N–H and O–H groups in total. The van der Waals surface area contributed by atoms with Crippen LogP contribution in [0.1, 0.15) is 41.8 Å². The van der Waals surface area contributed by atoms with Gasteiger partial charge in [-0.2, -0.15) is 10.4 Å². The van der Waals surface area contributed by atoms with Crippen molar-refractivity contribution in [3.05, 3.63) is 69.5 Å². The lowest BCUT2D eigenvalue weighted by molar-refractivity contribution is 0.396. The fourth-order valence-electron chi connectivity index (χ4n) is 3.74. The highest BCUT2D eigenvalue weighted by Crippen LogP contribution is 2.48. The Morgan fingerprint density at radius 2 is 2.07 bits per heavy atom. The zero-order valence-corrected chi connectivity index (χ0v) is 16.3. The topological polar surface area (TPSA) is 108 Å². The smallest absolute Gasteiger partial charge is 0.176 e. The number of para-hydroxylation sites is 1. The van der Waals surface area contributed by atoms with Gasteiger partial charge in [0.05, 0.1) is 17.6 Å². The summed E-state index contributed by atoms with van der Waals surface area (Å²) in [4.78, 5) is 1.80. The number of H-pyrrole nitrogens is 1. The average Bonchev–Trinajstić information content (AvgIpc) is 3.25. The van der Waals surface area contributed by atoms with Crippen molar-refractivity contribution in [2.45, 2.75) is 32.6 Å². The van der Waals surface area contributed by atoms with Gasteiger partial charge in [-0.05, 0) is 25.5 Å². The lowest BCUT2D eigenvalue weighted by atomic mass is 9.82. The van der Waals surface area contributed by atoms with Gasteiger partial charge < -0.3 is 10.3 Å². The van der Waals surface area contributed by atoms with Crippen LogP contribution in [0.2, 0.25) is 5.15 Å². The number of benzene rings is 1. The van der Waals surface area contributed by atoms with Gasteiger partial charge in [0.1, 0.15) is 11.6 Å². The molecule has 1 unspecified atom stereocenters. The third kappa shape index (κ3) is 2.65. The maximum absolute atomic E-state index is 10.0. The van der Waals surface area contributed by atoms with E-state index in [-0.39, 0.29) is 5.15 Å². The number of hydrogen-bond acceptors (Lipinski definition) is 6. The van der Waals surface area contributed by atoms with Crippen LogP contribution in [0.4, 0.5) is 11.5 Å². The van der Waals surface area contributed by atoms with Crippen LogP contribution in [0.3, 0.4) is 0 Å². The van der Waals surface area contributed by atoms with Crippen LogP contribution in [-0.2, 0) is 6.42 Å². The molecule has 142 valence electrons. The zero-order valence-electron chi connectivity index (χ0n) is 15.5. The number of allylic oxidation sites excluding steroid dienone is 1. The van der Waals surface area contributed by atoms with E-state index in [1.807, 2.05) is 30.3 Å². The first-order valence-corrected chi connectivity index (χ1v) is 9.39. The van der Waals surface area contributed by atoms with Crippen molar-refractivity contribution in [3.8, 4) is 6.07 Å². The van der Waals surface area contributed by atoms with Gasteiger partial charge in [-0.3, -0.25) is 10.00 Å². The van der Waals surface area contributed by atoms with Crippen LogP contribution in [0.15, 0.2) is 46.2 Å². The number of aromatic amines is 1. The van der Waals surface area contributed by atoms with Crippen molar-refractivity contribution in [1.82, 2.24) is 15.4 Å². The number of nitrogens with two attached hydrogens (primary N) is 1. The largest absolute Gasteiger partial charge is 0.384 e.